The maximum Gasteiger partial charge on any atom is 0.262 e. The van der Waals surface area contributed by atoms with E-state index in [1.165, 1.54) is 44.6 Å². The molecule has 0 aliphatic carbocycles. The van der Waals surface area contributed by atoms with Gasteiger partial charge in [0.2, 0.25) is 0 Å². The Morgan fingerprint density at radius 1 is 0.957 bits per heavy atom. The summed E-state index contributed by atoms with van der Waals surface area (Å²) in [5, 5.41) is 0.810. The molecule has 8 heteroatoms. The van der Waals surface area contributed by atoms with Gasteiger partial charge in [-0.3, -0.25) is 4.72 Å². The predicted octanol–water partition coefficient (Wildman–Crippen LogP) is 4.12. The van der Waals surface area contributed by atoms with Crippen LogP contribution in [0.1, 0.15) is 5.56 Å². The van der Waals surface area contributed by atoms with Gasteiger partial charge in [0.05, 0.1) is 29.8 Å². The van der Waals surface area contributed by atoms with Gasteiger partial charge < -0.3 is 9.47 Å². The highest BCUT2D eigenvalue weighted by Gasteiger charge is 2.19. The Kier molecular flexibility index (Phi) is 5.29. The number of nitrogens with one attached hydrogen (secondary N) is 1. The van der Waals surface area contributed by atoms with Gasteiger partial charge in [-0.1, -0.05) is 23.2 Å². The Bertz CT molecular complexity index is 838. The van der Waals surface area contributed by atoms with Crippen LogP contribution in [0.25, 0.3) is 0 Å². The van der Waals surface area contributed by atoms with Gasteiger partial charge in [-0.25, -0.2) is 8.42 Å². The summed E-state index contributed by atoms with van der Waals surface area (Å²) < 4.78 is 37.8. The fourth-order valence-corrected chi connectivity index (χ4v) is 3.42. The lowest BCUT2D eigenvalue weighted by molar-refractivity contribution is 0.405. The van der Waals surface area contributed by atoms with Crippen LogP contribution < -0.4 is 14.2 Å². The minimum absolute atomic E-state index is 0.0929. The van der Waals surface area contributed by atoms with Gasteiger partial charge in [0.1, 0.15) is 11.5 Å². The minimum Gasteiger partial charge on any atom is -0.495 e. The summed E-state index contributed by atoms with van der Waals surface area (Å²) in [6.45, 7) is 1.73. The summed E-state index contributed by atoms with van der Waals surface area (Å²) in [7, 11) is -0.952. The molecule has 23 heavy (non-hydrogen) atoms. The van der Waals surface area contributed by atoms with Gasteiger partial charge in [0.15, 0.2) is 0 Å². The normalized spacial score (nSPS) is 11.2. The zero-order valence-corrected chi connectivity index (χ0v) is 15.0. The van der Waals surface area contributed by atoms with Crippen LogP contribution in [-0.4, -0.2) is 22.6 Å². The molecular weight excluding hydrogens is 361 g/mol. The monoisotopic (exact) mass is 375 g/mol. The molecule has 0 saturated carbocycles. The van der Waals surface area contributed by atoms with Crippen LogP contribution >= 0.6 is 23.2 Å². The van der Waals surface area contributed by atoms with E-state index in [0.29, 0.717) is 21.4 Å². The summed E-state index contributed by atoms with van der Waals surface area (Å²) in [6, 6.07) is 7.39. The van der Waals surface area contributed by atoms with Crippen molar-refractivity contribution in [3.8, 4) is 11.5 Å². The molecule has 0 aliphatic rings. The first-order chi connectivity index (χ1) is 10.8. The molecule has 124 valence electrons. The number of hydrogen-bond donors (Lipinski definition) is 1. The topological polar surface area (TPSA) is 64.6 Å². The molecule has 0 unspecified atom stereocenters. The van der Waals surface area contributed by atoms with Gasteiger partial charge in [-0.15, -0.1) is 0 Å². The Balaban J connectivity index is 2.46. The molecule has 0 bridgehead atoms. The first kappa shape index (κ1) is 17.7. The number of methoxy groups -OCH3 is 2. The zero-order chi connectivity index (χ0) is 17.2. The number of aryl methyl sites for hydroxylation is 1. The molecule has 0 fully saturated rings. The molecule has 1 N–H and O–H groups in total. The van der Waals surface area contributed by atoms with Crippen LogP contribution in [0.4, 0.5) is 5.69 Å². The van der Waals surface area contributed by atoms with E-state index in [2.05, 4.69) is 4.72 Å². The molecule has 0 amide bonds. The number of ether oxygens (including phenoxy) is 2. The maximum atomic E-state index is 12.5. The van der Waals surface area contributed by atoms with Crippen molar-refractivity contribution >= 4 is 38.9 Å². The standard InChI is InChI=1S/C15H15Cl2NO4S/c1-9-6-10(4-5-11(9)16)23(19,20)18-13-8-14(21-2)12(17)7-15(13)22-3/h4-8,18H,1-3H3. The largest absolute Gasteiger partial charge is 0.495 e. The zero-order valence-electron chi connectivity index (χ0n) is 12.7. The molecule has 0 aliphatic heterocycles. The Labute approximate surface area is 145 Å². The summed E-state index contributed by atoms with van der Waals surface area (Å²) in [4.78, 5) is 0.0929. The van der Waals surface area contributed by atoms with Crippen molar-refractivity contribution in [1.29, 1.82) is 0 Å². The van der Waals surface area contributed by atoms with E-state index in [9.17, 15) is 8.42 Å². The van der Waals surface area contributed by atoms with E-state index in [-0.39, 0.29) is 16.3 Å². The number of hydrogen-bond acceptors (Lipinski definition) is 4. The molecular formula is C15H15Cl2NO4S. The molecule has 0 heterocycles. The second-order valence-corrected chi connectivity index (χ2v) is 7.20. The van der Waals surface area contributed by atoms with Crippen LogP contribution in [0, 0.1) is 6.92 Å². The number of anilines is 1. The lowest BCUT2D eigenvalue weighted by Gasteiger charge is -2.14. The van der Waals surface area contributed by atoms with Crippen LogP contribution in [0.5, 0.6) is 11.5 Å². The quantitative estimate of drug-likeness (QED) is 0.853. The summed E-state index contributed by atoms with van der Waals surface area (Å²) in [5.74, 6) is 0.613. The van der Waals surface area contributed by atoms with E-state index in [1.54, 1.807) is 6.92 Å². The molecule has 0 atom stereocenters. The van der Waals surface area contributed by atoms with Gasteiger partial charge in [0.25, 0.3) is 10.0 Å². The molecule has 0 saturated heterocycles. The van der Waals surface area contributed by atoms with Crippen LogP contribution in [0.2, 0.25) is 10.0 Å². The van der Waals surface area contributed by atoms with Crippen molar-refractivity contribution in [2.24, 2.45) is 0 Å². The highest BCUT2D eigenvalue weighted by atomic mass is 35.5. The maximum absolute atomic E-state index is 12.5. The van der Waals surface area contributed by atoms with Crippen LogP contribution in [-0.2, 0) is 10.0 Å². The molecule has 0 radical (unpaired) electrons. The molecule has 2 rings (SSSR count). The fourth-order valence-electron chi connectivity index (χ4n) is 1.93. The molecule has 2 aromatic rings. The van der Waals surface area contributed by atoms with Gasteiger partial charge in [0, 0.05) is 17.2 Å². The Morgan fingerprint density at radius 3 is 2.17 bits per heavy atom. The number of rotatable bonds is 5. The van der Waals surface area contributed by atoms with Crippen molar-refractivity contribution in [1.82, 2.24) is 0 Å². The third kappa shape index (κ3) is 3.83. The van der Waals surface area contributed by atoms with Gasteiger partial charge >= 0.3 is 0 Å². The van der Waals surface area contributed by atoms with Crippen molar-refractivity contribution in [3.63, 3.8) is 0 Å². The SMILES string of the molecule is COc1cc(NS(=O)(=O)c2ccc(Cl)c(C)c2)c(OC)cc1Cl. The van der Waals surface area contributed by atoms with E-state index in [1.807, 2.05) is 0 Å². The van der Waals surface area contributed by atoms with E-state index in [4.69, 9.17) is 32.7 Å². The molecule has 2 aromatic carbocycles. The Morgan fingerprint density at radius 2 is 1.61 bits per heavy atom. The average molecular weight is 376 g/mol. The smallest absolute Gasteiger partial charge is 0.262 e. The summed E-state index contributed by atoms with van der Waals surface area (Å²) in [5.41, 5.74) is 0.886. The van der Waals surface area contributed by atoms with Crippen molar-refractivity contribution in [2.75, 3.05) is 18.9 Å². The minimum atomic E-state index is -3.81. The number of halogens is 2. The summed E-state index contributed by atoms with van der Waals surface area (Å²) in [6.07, 6.45) is 0. The van der Waals surface area contributed by atoms with E-state index >= 15 is 0 Å². The van der Waals surface area contributed by atoms with Gasteiger partial charge in [-0.05, 0) is 30.7 Å². The number of sulfonamides is 1. The molecule has 0 aromatic heterocycles. The second kappa shape index (κ2) is 6.86. The van der Waals surface area contributed by atoms with Crippen LogP contribution in [0.3, 0.4) is 0 Å². The summed E-state index contributed by atoms with van der Waals surface area (Å²) >= 11 is 11.9. The number of benzene rings is 2. The van der Waals surface area contributed by atoms with Crippen molar-refractivity contribution < 1.29 is 17.9 Å². The molecule has 5 nitrogen and oxygen atoms in total. The second-order valence-electron chi connectivity index (χ2n) is 4.70. The fraction of sp³-hybridized carbons (Fsp3) is 0.200. The third-order valence-corrected chi connectivity index (χ3v) is 5.24. The highest BCUT2D eigenvalue weighted by molar-refractivity contribution is 7.92. The van der Waals surface area contributed by atoms with E-state index in [0.717, 1.165) is 0 Å². The first-order valence-corrected chi connectivity index (χ1v) is 8.73. The Hall–Kier alpha value is -1.63. The van der Waals surface area contributed by atoms with E-state index < -0.39 is 10.0 Å². The lowest BCUT2D eigenvalue weighted by atomic mass is 10.2. The van der Waals surface area contributed by atoms with Crippen molar-refractivity contribution in [2.45, 2.75) is 11.8 Å². The average Bonchev–Trinajstić information content (AvgIpc) is 2.50. The highest BCUT2D eigenvalue weighted by Crippen LogP contribution is 2.37. The molecule has 0 spiro atoms. The predicted molar refractivity (Wildman–Crippen MR) is 91.6 cm³/mol. The first-order valence-electron chi connectivity index (χ1n) is 6.49. The third-order valence-electron chi connectivity index (χ3n) is 3.16. The van der Waals surface area contributed by atoms with Gasteiger partial charge in [-0.2, -0.15) is 0 Å². The lowest BCUT2D eigenvalue weighted by Crippen LogP contribution is -2.14. The van der Waals surface area contributed by atoms with Crippen molar-refractivity contribution in [3.05, 3.63) is 45.9 Å². The van der Waals surface area contributed by atoms with Crippen LogP contribution in [0.15, 0.2) is 35.2 Å².